The van der Waals surface area contributed by atoms with Gasteiger partial charge < -0.3 is 14.4 Å². The van der Waals surface area contributed by atoms with Crippen LogP contribution in [0.2, 0.25) is 0 Å². The molecule has 3 aliphatic heterocycles. The predicted octanol–water partition coefficient (Wildman–Crippen LogP) is -9.67. The molecule has 0 aromatic carbocycles. The molecule has 11 nitrogen and oxygen atoms in total. The molecule has 0 amide bonds. The van der Waals surface area contributed by atoms with Crippen molar-refractivity contribution < 1.29 is 134 Å². The summed E-state index contributed by atoms with van der Waals surface area (Å²) >= 11 is 0. The Labute approximate surface area is 180 Å². The van der Waals surface area contributed by atoms with Gasteiger partial charge in [0.1, 0.15) is 20.2 Å². The van der Waals surface area contributed by atoms with Gasteiger partial charge in [0.05, 0.1) is 7.82 Å². The van der Waals surface area contributed by atoms with Crippen molar-refractivity contribution in [3.8, 4) is 0 Å². The first-order chi connectivity index (χ1) is 7.70. The van der Waals surface area contributed by atoms with E-state index in [-0.39, 0.29) is 102 Å². The van der Waals surface area contributed by atoms with Crippen LogP contribution in [0.3, 0.4) is 0 Å². The van der Waals surface area contributed by atoms with E-state index in [0.29, 0.717) is 0 Å². The predicted molar refractivity (Wildman–Crippen MR) is 44.7 cm³/mol. The summed E-state index contributed by atoms with van der Waals surface area (Å²) in [5.74, 6) is 0. The second-order valence-electron chi connectivity index (χ2n) is 2.95. The summed E-state index contributed by atoms with van der Waals surface area (Å²) in [6, 6.07) is 0. The van der Waals surface area contributed by atoms with E-state index in [1.54, 1.807) is 0 Å². The van der Waals surface area contributed by atoms with Crippen molar-refractivity contribution in [1.29, 1.82) is 0 Å². The molecule has 3 rings (SSSR count). The molecule has 3 aliphatic rings. The molecule has 100 valence electrons. The number of fused-ring (bicyclic) bond motifs is 5. The SMILES string of the molecule is O=P([O-])([O-])OP1(=O)OCN2COP(=O)(OC2)O1.[Na+].[Na+].[Na+]. The number of phosphoric ester groups is 1. The van der Waals surface area contributed by atoms with E-state index in [9.17, 15) is 23.5 Å². The molecule has 0 aromatic heterocycles. The van der Waals surface area contributed by atoms with Crippen LogP contribution < -0.4 is 98.5 Å². The molecule has 3 heterocycles. The van der Waals surface area contributed by atoms with Crippen LogP contribution in [0.1, 0.15) is 0 Å². The molecule has 3 fully saturated rings. The third-order valence-corrected chi connectivity index (χ3v) is 6.09. The molecule has 2 bridgehead atoms. The van der Waals surface area contributed by atoms with Gasteiger partial charge in [0.25, 0.3) is 0 Å². The van der Waals surface area contributed by atoms with E-state index < -0.39 is 30.2 Å². The molecule has 0 aromatic rings. The summed E-state index contributed by atoms with van der Waals surface area (Å²) in [7, 11) is -14.8. The van der Waals surface area contributed by atoms with Crippen molar-refractivity contribution in [2.45, 2.75) is 0 Å². The van der Waals surface area contributed by atoms with Gasteiger partial charge in [-0.1, -0.05) is 0 Å². The van der Waals surface area contributed by atoms with Gasteiger partial charge in [-0.25, -0.2) is 14.0 Å². The molecule has 20 heavy (non-hydrogen) atoms. The minimum absolute atomic E-state index is 0. The van der Waals surface area contributed by atoms with Gasteiger partial charge in [-0.05, 0) is 0 Å². The molecule has 1 atom stereocenters. The molecule has 17 heteroatoms. The Kier molecular flexibility index (Phi) is 12.5. The van der Waals surface area contributed by atoms with E-state index >= 15 is 0 Å². The van der Waals surface area contributed by atoms with Crippen molar-refractivity contribution in [3.63, 3.8) is 0 Å². The van der Waals surface area contributed by atoms with Crippen LogP contribution in [0.4, 0.5) is 0 Å². The van der Waals surface area contributed by atoms with Crippen LogP contribution in [-0.2, 0) is 35.9 Å². The van der Waals surface area contributed by atoms with Crippen molar-refractivity contribution in [2.24, 2.45) is 0 Å². The zero-order chi connectivity index (χ0) is 12.7. The summed E-state index contributed by atoms with van der Waals surface area (Å²) in [6.45, 7) is -0.829. The summed E-state index contributed by atoms with van der Waals surface area (Å²) in [4.78, 5) is 21.9. The fourth-order valence-electron chi connectivity index (χ4n) is 0.960. The average molecular weight is 378 g/mol. The molecule has 0 radical (unpaired) electrons. The van der Waals surface area contributed by atoms with Gasteiger partial charge in [0, 0.05) is 0 Å². The summed E-state index contributed by atoms with van der Waals surface area (Å²) in [5, 5.41) is 0. The smallest absolute Gasteiger partial charge is 0.789 e. The topological polar surface area (TPSA) is 147 Å². The molecule has 3 saturated heterocycles. The molecular formula is C3H6NNa3O10P3+. The zero-order valence-electron chi connectivity index (χ0n) is 11.0. The van der Waals surface area contributed by atoms with Crippen LogP contribution in [0, 0.1) is 0 Å². The second-order valence-corrected chi connectivity index (χ2v) is 7.71. The van der Waals surface area contributed by atoms with E-state index in [0.717, 1.165) is 0 Å². The minimum Gasteiger partial charge on any atom is -0.789 e. The second kappa shape index (κ2) is 9.75. The monoisotopic (exact) mass is 378 g/mol. The number of hydrogen-bond acceptors (Lipinski definition) is 11. The Morgan fingerprint density at radius 1 is 1.00 bits per heavy atom. The number of hydrogen-bond donors (Lipinski definition) is 0. The molecule has 1 unspecified atom stereocenters. The number of phosphoric acid groups is 3. The number of rotatable bonds is 2. The average Bonchev–Trinajstić information content (AvgIpc) is 2.11. The van der Waals surface area contributed by atoms with E-state index in [1.165, 1.54) is 4.90 Å². The van der Waals surface area contributed by atoms with Gasteiger partial charge >= 0.3 is 104 Å². The van der Waals surface area contributed by atoms with Gasteiger partial charge in [0.2, 0.25) is 0 Å². The molecule has 0 aliphatic carbocycles. The van der Waals surface area contributed by atoms with Gasteiger partial charge in [-0.2, -0.15) is 4.31 Å². The third kappa shape index (κ3) is 7.96. The summed E-state index contributed by atoms with van der Waals surface area (Å²) in [6.07, 6.45) is 0. The largest absolute Gasteiger partial charge is 1.00 e. The first kappa shape index (κ1) is 25.6. The van der Waals surface area contributed by atoms with Crippen LogP contribution in [0.25, 0.3) is 0 Å². The summed E-state index contributed by atoms with van der Waals surface area (Å²) < 4.78 is 55.1. The zero-order valence-corrected chi connectivity index (χ0v) is 19.7. The quantitative estimate of drug-likeness (QED) is 0.333. The third-order valence-electron chi connectivity index (χ3n) is 1.60. The standard InChI is InChI=1S/C3H8NO10P3.3Na/c5-15(6,7)13-17(9)12-3-4-1-10-16(8,14-17)11-2-4;;;/h1-3H2,(H2,5,6,7);;;/q;3*+1/p-2. The van der Waals surface area contributed by atoms with Gasteiger partial charge in [0.15, 0.2) is 0 Å². The van der Waals surface area contributed by atoms with E-state index in [2.05, 4.69) is 22.2 Å². The van der Waals surface area contributed by atoms with Crippen molar-refractivity contribution >= 4 is 23.5 Å². The molecule has 0 spiro atoms. The Bertz CT molecular complexity index is 442. The minimum atomic E-state index is -5.65. The van der Waals surface area contributed by atoms with Gasteiger partial charge in [-0.3, -0.25) is 17.9 Å². The van der Waals surface area contributed by atoms with E-state index in [1.807, 2.05) is 0 Å². The molecule has 0 saturated carbocycles. The maximum absolute atomic E-state index is 11.6. The van der Waals surface area contributed by atoms with Crippen molar-refractivity contribution in [3.05, 3.63) is 0 Å². The Morgan fingerprint density at radius 2 is 1.45 bits per heavy atom. The Balaban J connectivity index is 0. The maximum Gasteiger partial charge on any atom is 1.00 e. The van der Waals surface area contributed by atoms with Crippen molar-refractivity contribution in [1.82, 2.24) is 4.90 Å². The molecular weight excluding hydrogens is 372 g/mol. The van der Waals surface area contributed by atoms with Crippen molar-refractivity contribution in [2.75, 3.05) is 20.2 Å². The fraction of sp³-hybridized carbons (Fsp3) is 1.00. The van der Waals surface area contributed by atoms with Gasteiger partial charge in [-0.15, -0.1) is 0 Å². The summed E-state index contributed by atoms with van der Waals surface area (Å²) in [5.41, 5.74) is 0. The Morgan fingerprint density at radius 3 is 1.90 bits per heavy atom. The normalized spacial score (nSPS) is 36.6. The first-order valence-corrected chi connectivity index (χ1v) is 8.39. The Hall–Kier alpha value is 3.37. The molecule has 0 N–H and O–H groups in total. The fourth-order valence-corrected chi connectivity index (χ4v) is 5.05. The van der Waals surface area contributed by atoms with Crippen LogP contribution in [0.15, 0.2) is 0 Å². The van der Waals surface area contributed by atoms with E-state index in [4.69, 9.17) is 0 Å². The first-order valence-electron chi connectivity index (χ1n) is 4.01. The van der Waals surface area contributed by atoms with Crippen LogP contribution in [-0.4, -0.2) is 25.1 Å². The number of nitrogens with zero attached hydrogens (tertiary/aromatic N) is 1. The van der Waals surface area contributed by atoms with Crippen LogP contribution in [0.5, 0.6) is 0 Å². The maximum atomic E-state index is 11.6. The van der Waals surface area contributed by atoms with Crippen LogP contribution >= 0.6 is 23.5 Å².